The molecule has 2 unspecified atom stereocenters. The molecule has 1 aliphatic carbocycles. The predicted molar refractivity (Wildman–Crippen MR) is 139 cm³/mol. The maximum atomic E-state index is 13.7. The number of nitrogens with zero attached hydrogens (tertiary/aromatic N) is 3. The van der Waals surface area contributed by atoms with Crippen molar-refractivity contribution in [2.75, 3.05) is 33.2 Å². The molecule has 1 saturated carbocycles. The first-order valence-electron chi connectivity index (χ1n) is 13.3. The normalized spacial score (nSPS) is 18.0. The first-order chi connectivity index (χ1) is 18.6. The van der Waals surface area contributed by atoms with Crippen LogP contribution in [0.5, 0.6) is 0 Å². The fourth-order valence-electron chi connectivity index (χ4n) is 5.42. The summed E-state index contributed by atoms with van der Waals surface area (Å²) in [4.78, 5) is 54.5. The molecule has 212 valence electrons. The van der Waals surface area contributed by atoms with Crippen LogP contribution in [0.15, 0.2) is 18.2 Å². The molecule has 12 heteroatoms. The standard InChI is InChI=1S/C27H35F2N5O5/c1-16(39-27(38)30-2)24(35)31-23(17-7-5-4-6-8-17)26(37)34-11-9-33(10-12-34)25(36)22-14-18-13-19(28)20(29)15-21(18)32(22)3/h13-17,23H,4-12H2,1-3H3,(H,30,38)(H,31,35). The number of nitrogens with one attached hydrogen (secondary N) is 2. The van der Waals surface area contributed by atoms with E-state index in [-0.39, 0.29) is 43.9 Å². The van der Waals surface area contributed by atoms with Gasteiger partial charge in [-0.3, -0.25) is 14.4 Å². The number of carbonyl (C=O) groups is 4. The Hall–Kier alpha value is -3.70. The molecule has 2 fully saturated rings. The molecular formula is C27H35F2N5O5. The van der Waals surface area contributed by atoms with E-state index in [2.05, 4.69) is 10.6 Å². The molecule has 4 rings (SSSR count). The molecule has 2 aliphatic rings. The van der Waals surface area contributed by atoms with Crippen LogP contribution in [-0.2, 0) is 21.4 Å². The van der Waals surface area contributed by atoms with Crippen molar-refractivity contribution in [1.82, 2.24) is 25.0 Å². The van der Waals surface area contributed by atoms with Crippen molar-refractivity contribution in [3.63, 3.8) is 0 Å². The largest absolute Gasteiger partial charge is 0.436 e. The highest BCUT2D eigenvalue weighted by atomic mass is 19.2. The maximum absolute atomic E-state index is 13.7. The lowest BCUT2D eigenvalue weighted by Crippen LogP contribution is -2.59. The molecule has 2 atom stereocenters. The fraction of sp³-hybridized carbons (Fsp3) is 0.556. The Morgan fingerprint density at radius 2 is 1.56 bits per heavy atom. The predicted octanol–water partition coefficient (Wildman–Crippen LogP) is 2.55. The number of ether oxygens (including phenoxy) is 1. The van der Waals surface area contributed by atoms with Gasteiger partial charge in [-0.1, -0.05) is 19.3 Å². The third-order valence-corrected chi connectivity index (χ3v) is 7.72. The van der Waals surface area contributed by atoms with Gasteiger partial charge in [0.05, 0.1) is 5.52 Å². The summed E-state index contributed by atoms with van der Waals surface area (Å²) < 4.78 is 34.0. The summed E-state index contributed by atoms with van der Waals surface area (Å²) >= 11 is 0. The minimum Gasteiger partial charge on any atom is -0.436 e. The van der Waals surface area contributed by atoms with Crippen molar-refractivity contribution in [3.05, 3.63) is 35.5 Å². The first-order valence-corrected chi connectivity index (χ1v) is 13.3. The highest BCUT2D eigenvalue weighted by Crippen LogP contribution is 2.28. The number of amides is 4. The lowest BCUT2D eigenvalue weighted by Gasteiger charge is -2.39. The number of benzene rings is 1. The van der Waals surface area contributed by atoms with Crippen LogP contribution in [0.4, 0.5) is 13.6 Å². The molecule has 39 heavy (non-hydrogen) atoms. The maximum Gasteiger partial charge on any atom is 0.407 e. The van der Waals surface area contributed by atoms with Crippen LogP contribution in [-0.4, -0.2) is 83.6 Å². The van der Waals surface area contributed by atoms with Crippen LogP contribution >= 0.6 is 0 Å². The van der Waals surface area contributed by atoms with Crippen LogP contribution in [0.25, 0.3) is 10.9 Å². The number of hydrogen-bond acceptors (Lipinski definition) is 5. The Balaban J connectivity index is 1.43. The molecule has 0 radical (unpaired) electrons. The number of hydrogen-bond donors (Lipinski definition) is 2. The zero-order valence-corrected chi connectivity index (χ0v) is 22.5. The number of fused-ring (bicyclic) bond motifs is 1. The molecule has 10 nitrogen and oxygen atoms in total. The van der Waals surface area contributed by atoms with E-state index in [4.69, 9.17) is 4.74 Å². The van der Waals surface area contributed by atoms with E-state index in [1.807, 2.05) is 0 Å². The van der Waals surface area contributed by atoms with Crippen LogP contribution in [0.2, 0.25) is 0 Å². The molecular weight excluding hydrogens is 512 g/mol. The van der Waals surface area contributed by atoms with Crippen LogP contribution < -0.4 is 10.6 Å². The number of piperazine rings is 1. The second-order valence-corrected chi connectivity index (χ2v) is 10.2. The van der Waals surface area contributed by atoms with Gasteiger partial charge in [0.15, 0.2) is 17.7 Å². The Morgan fingerprint density at radius 1 is 0.949 bits per heavy atom. The lowest BCUT2D eigenvalue weighted by atomic mass is 9.83. The number of alkyl carbamates (subject to hydrolysis) is 1. The Morgan fingerprint density at radius 3 is 2.21 bits per heavy atom. The van der Waals surface area contributed by atoms with E-state index >= 15 is 0 Å². The number of halogens is 2. The summed E-state index contributed by atoms with van der Waals surface area (Å²) in [7, 11) is 3.02. The van der Waals surface area contributed by atoms with Gasteiger partial charge in [-0.05, 0) is 37.8 Å². The SMILES string of the molecule is CNC(=O)OC(C)C(=O)NC(C(=O)N1CCN(C(=O)c2cc3cc(F)c(F)cc3n2C)CC1)C1CCCCC1. The molecule has 2 aromatic rings. The van der Waals surface area contributed by atoms with Crippen molar-refractivity contribution < 1.29 is 32.7 Å². The van der Waals surface area contributed by atoms with Gasteiger partial charge in [-0.25, -0.2) is 13.6 Å². The van der Waals surface area contributed by atoms with Crippen molar-refractivity contribution >= 4 is 34.7 Å². The zero-order valence-electron chi connectivity index (χ0n) is 22.5. The van der Waals surface area contributed by atoms with E-state index in [0.29, 0.717) is 16.6 Å². The van der Waals surface area contributed by atoms with Crippen molar-refractivity contribution in [2.24, 2.45) is 13.0 Å². The highest BCUT2D eigenvalue weighted by molar-refractivity contribution is 5.99. The van der Waals surface area contributed by atoms with Gasteiger partial charge < -0.3 is 29.7 Å². The van der Waals surface area contributed by atoms with E-state index in [9.17, 15) is 28.0 Å². The molecule has 2 heterocycles. The minimum absolute atomic E-state index is 0.0290. The highest BCUT2D eigenvalue weighted by Gasteiger charge is 2.37. The molecule has 1 aromatic carbocycles. The number of carbonyl (C=O) groups excluding carboxylic acids is 4. The lowest BCUT2D eigenvalue weighted by molar-refractivity contribution is -0.141. The van der Waals surface area contributed by atoms with Gasteiger partial charge >= 0.3 is 6.09 Å². The van der Waals surface area contributed by atoms with Crippen molar-refractivity contribution in [3.8, 4) is 0 Å². The second-order valence-electron chi connectivity index (χ2n) is 10.2. The first kappa shape index (κ1) is 28.3. The topological polar surface area (TPSA) is 113 Å². The van der Waals surface area contributed by atoms with Crippen molar-refractivity contribution in [1.29, 1.82) is 0 Å². The van der Waals surface area contributed by atoms with Gasteiger partial charge in [0.2, 0.25) is 5.91 Å². The summed E-state index contributed by atoms with van der Waals surface area (Å²) in [6.07, 6.45) is 2.83. The number of aromatic nitrogens is 1. The third kappa shape index (κ3) is 6.15. The van der Waals surface area contributed by atoms with E-state index < -0.39 is 35.8 Å². The molecule has 2 N–H and O–H groups in total. The molecule has 1 saturated heterocycles. The smallest absolute Gasteiger partial charge is 0.407 e. The Bertz CT molecular complexity index is 1250. The molecule has 4 amide bonds. The van der Waals surface area contributed by atoms with Gasteiger partial charge in [0, 0.05) is 51.7 Å². The molecule has 0 spiro atoms. The van der Waals surface area contributed by atoms with Gasteiger partial charge in [0.25, 0.3) is 11.8 Å². The second kappa shape index (κ2) is 12.0. The molecule has 1 aliphatic heterocycles. The van der Waals surface area contributed by atoms with Gasteiger partial charge in [-0.2, -0.15) is 0 Å². The van der Waals surface area contributed by atoms with E-state index in [1.54, 1.807) is 16.8 Å². The van der Waals surface area contributed by atoms with E-state index in [1.165, 1.54) is 24.6 Å². The number of aryl methyl sites for hydroxylation is 1. The van der Waals surface area contributed by atoms with Crippen LogP contribution in [0, 0.1) is 17.6 Å². The summed E-state index contributed by atoms with van der Waals surface area (Å²) in [6.45, 7) is 2.56. The molecule has 1 aromatic heterocycles. The molecule has 0 bridgehead atoms. The fourth-order valence-corrected chi connectivity index (χ4v) is 5.42. The van der Waals surface area contributed by atoms with Crippen molar-refractivity contribution in [2.45, 2.75) is 51.2 Å². The summed E-state index contributed by atoms with van der Waals surface area (Å²) in [5, 5.41) is 5.55. The summed E-state index contributed by atoms with van der Waals surface area (Å²) in [5.74, 6) is -3.04. The Kier molecular flexibility index (Phi) is 8.71. The monoisotopic (exact) mass is 547 g/mol. The van der Waals surface area contributed by atoms with Crippen LogP contribution in [0.1, 0.15) is 49.5 Å². The third-order valence-electron chi connectivity index (χ3n) is 7.72. The van der Waals surface area contributed by atoms with Gasteiger partial charge in [0.1, 0.15) is 11.7 Å². The van der Waals surface area contributed by atoms with E-state index in [0.717, 1.165) is 44.2 Å². The van der Waals surface area contributed by atoms with Crippen LogP contribution in [0.3, 0.4) is 0 Å². The summed E-state index contributed by atoms with van der Waals surface area (Å²) in [6, 6.07) is 2.92. The minimum atomic E-state index is -1.07. The number of rotatable bonds is 6. The summed E-state index contributed by atoms with van der Waals surface area (Å²) in [5.41, 5.74) is 0.707. The average molecular weight is 548 g/mol. The van der Waals surface area contributed by atoms with Gasteiger partial charge in [-0.15, -0.1) is 0 Å². The average Bonchev–Trinajstić information content (AvgIpc) is 3.26. The quantitative estimate of drug-likeness (QED) is 0.577. The zero-order chi connectivity index (χ0) is 28.3. The Labute approximate surface area is 225 Å².